The fraction of sp³-hybridized carbons (Fsp3) is 0.167. The predicted molar refractivity (Wildman–Crippen MR) is 188 cm³/mol. The highest BCUT2D eigenvalue weighted by atomic mass is 35.5. The summed E-state index contributed by atoms with van der Waals surface area (Å²) in [5.41, 5.74) is 4.77. The normalized spacial score (nSPS) is 11.0. The van der Waals surface area contributed by atoms with Gasteiger partial charge in [-0.1, -0.05) is 47.5 Å². The number of pyridine rings is 3. The molecule has 5 aromatic rings. The molecule has 3 amide bonds. The molecule has 0 aliphatic carbocycles. The van der Waals surface area contributed by atoms with Gasteiger partial charge in [0.15, 0.2) is 0 Å². The first-order chi connectivity index (χ1) is 23.1. The minimum Gasteiger partial charge on any atom is -0.487 e. The van der Waals surface area contributed by atoms with Crippen molar-refractivity contribution in [3.8, 4) is 5.75 Å². The van der Waals surface area contributed by atoms with E-state index in [4.69, 9.17) is 27.9 Å². The van der Waals surface area contributed by atoms with Crippen LogP contribution in [0.1, 0.15) is 28.1 Å². The Morgan fingerprint density at radius 2 is 1.79 bits per heavy atom. The summed E-state index contributed by atoms with van der Waals surface area (Å²) in [6.07, 6.45) is 6.23. The molecule has 2 N–H and O–H groups in total. The Hall–Kier alpha value is -5.32. The van der Waals surface area contributed by atoms with Crippen molar-refractivity contribution in [2.45, 2.75) is 26.9 Å². The average molecular weight is 684 g/mol. The van der Waals surface area contributed by atoms with E-state index in [2.05, 4.69) is 25.6 Å². The quantitative estimate of drug-likeness (QED) is 0.152. The SMILES string of the molecule is Cc1ccc2cccc(OCc3c(Cl)ccc(N(C)C(=O)CNC(=O)C=Cc4ccc(NC(=O)Cc5cccnc5C)nc4)c3Cl)c2n1. The van der Waals surface area contributed by atoms with E-state index < -0.39 is 11.8 Å². The maximum atomic E-state index is 13.0. The molecule has 48 heavy (non-hydrogen) atoms. The van der Waals surface area contributed by atoms with E-state index in [1.807, 2.05) is 50.2 Å². The first kappa shape index (κ1) is 34.0. The summed E-state index contributed by atoms with van der Waals surface area (Å²) in [5, 5.41) is 6.91. The lowest BCUT2D eigenvalue weighted by molar-refractivity contribution is -0.122. The van der Waals surface area contributed by atoms with Crippen LogP contribution in [-0.2, 0) is 27.4 Å². The van der Waals surface area contributed by atoms with Crippen molar-refractivity contribution in [2.75, 3.05) is 23.8 Å². The second-order valence-corrected chi connectivity index (χ2v) is 11.7. The largest absolute Gasteiger partial charge is 0.487 e. The van der Waals surface area contributed by atoms with Crippen LogP contribution in [0.4, 0.5) is 11.5 Å². The highest BCUT2D eigenvalue weighted by Crippen LogP contribution is 2.35. The number of nitrogens with zero attached hydrogens (tertiary/aromatic N) is 4. The Balaban J connectivity index is 1.14. The van der Waals surface area contributed by atoms with Gasteiger partial charge in [0.1, 0.15) is 23.7 Å². The van der Waals surface area contributed by atoms with Gasteiger partial charge < -0.3 is 20.3 Å². The van der Waals surface area contributed by atoms with Gasteiger partial charge in [-0.15, -0.1) is 0 Å². The Morgan fingerprint density at radius 3 is 2.56 bits per heavy atom. The van der Waals surface area contributed by atoms with Gasteiger partial charge in [-0.2, -0.15) is 0 Å². The summed E-state index contributed by atoms with van der Waals surface area (Å²) < 4.78 is 6.08. The standard InChI is InChI=1S/C36H32Cl2N6O4/c1-22-9-12-25-6-4-8-30(36(25)42-22)48-21-27-28(37)13-14-29(35(27)38)44(3)34(47)20-41-32(45)16-11-24-10-15-31(40-19-24)43-33(46)18-26-7-5-17-39-23(26)2/h4-17,19H,18,20-21H2,1-3H3,(H,41,45)(H,40,43,46). The molecule has 0 saturated heterocycles. The molecule has 5 rings (SSSR count). The second kappa shape index (κ2) is 15.5. The van der Waals surface area contributed by atoms with Crippen LogP contribution in [0.15, 0.2) is 85.2 Å². The number of para-hydroxylation sites is 1. The minimum absolute atomic E-state index is 0.0527. The lowest BCUT2D eigenvalue weighted by atomic mass is 10.1. The number of fused-ring (bicyclic) bond motifs is 1. The summed E-state index contributed by atoms with van der Waals surface area (Å²) in [6, 6.07) is 19.8. The molecule has 0 aliphatic rings. The number of aryl methyl sites for hydroxylation is 2. The summed E-state index contributed by atoms with van der Waals surface area (Å²) in [4.78, 5) is 52.2. The van der Waals surface area contributed by atoms with Crippen LogP contribution in [0, 0.1) is 13.8 Å². The molecule has 3 aromatic heterocycles. The van der Waals surface area contributed by atoms with Crippen LogP contribution < -0.4 is 20.3 Å². The van der Waals surface area contributed by atoms with Gasteiger partial charge in [0.2, 0.25) is 17.7 Å². The van der Waals surface area contributed by atoms with Crippen LogP contribution in [0.25, 0.3) is 17.0 Å². The van der Waals surface area contributed by atoms with Crippen LogP contribution in [-0.4, -0.2) is 46.3 Å². The maximum absolute atomic E-state index is 13.0. The Morgan fingerprint density at radius 1 is 0.958 bits per heavy atom. The Bertz CT molecular complexity index is 2020. The molecule has 0 bridgehead atoms. The van der Waals surface area contributed by atoms with Gasteiger partial charge in [-0.05, 0) is 73.5 Å². The number of anilines is 2. The summed E-state index contributed by atoms with van der Waals surface area (Å²) in [6.45, 7) is 3.54. The van der Waals surface area contributed by atoms with Crippen molar-refractivity contribution in [3.63, 3.8) is 0 Å². The Labute approximate surface area is 287 Å². The molecule has 0 unspecified atom stereocenters. The van der Waals surface area contributed by atoms with E-state index in [9.17, 15) is 14.4 Å². The van der Waals surface area contributed by atoms with Gasteiger partial charge in [0.25, 0.3) is 0 Å². The number of benzene rings is 2. The number of carbonyl (C=O) groups excluding carboxylic acids is 3. The third kappa shape index (κ3) is 8.52. The smallest absolute Gasteiger partial charge is 0.246 e. The number of rotatable bonds is 11. The van der Waals surface area contributed by atoms with Crippen molar-refractivity contribution >= 4 is 69.4 Å². The van der Waals surface area contributed by atoms with Crippen LogP contribution in [0.3, 0.4) is 0 Å². The number of hydrogen-bond acceptors (Lipinski definition) is 7. The highest BCUT2D eigenvalue weighted by molar-refractivity contribution is 6.38. The van der Waals surface area contributed by atoms with Crippen molar-refractivity contribution < 1.29 is 19.1 Å². The van der Waals surface area contributed by atoms with Gasteiger partial charge in [0.05, 0.1) is 23.7 Å². The van der Waals surface area contributed by atoms with Crippen molar-refractivity contribution in [3.05, 3.63) is 123 Å². The molecule has 0 atom stereocenters. The number of ether oxygens (including phenoxy) is 1. The zero-order valence-electron chi connectivity index (χ0n) is 26.5. The molecule has 0 radical (unpaired) electrons. The molecular weight excluding hydrogens is 651 g/mol. The number of hydrogen-bond donors (Lipinski definition) is 2. The molecule has 244 valence electrons. The first-order valence-electron chi connectivity index (χ1n) is 14.9. The summed E-state index contributed by atoms with van der Waals surface area (Å²) in [7, 11) is 1.56. The predicted octanol–water partition coefficient (Wildman–Crippen LogP) is 6.50. The minimum atomic E-state index is -0.476. The third-order valence-corrected chi connectivity index (χ3v) is 8.23. The molecule has 3 heterocycles. The lowest BCUT2D eigenvalue weighted by Crippen LogP contribution is -2.37. The molecule has 0 saturated carbocycles. The Kier molecular flexibility index (Phi) is 11.0. The van der Waals surface area contributed by atoms with Gasteiger partial charge >= 0.3 is 0 Å². The monoisotopic (exact) mass is 682 g/mol. The van der Waals surface area contributed by atoms with Crippen molar-refractivity contribution in [2.24, 2.45) is 0 Å². The highest BCUT2D eigenvalue weighted by Gasteiger charge is 2.19. The van der Waals surface area contributed by atoms with E-state index in [1.165, 1.54) is 17.2 Å². The van der Waals surface area contributed by atoms with Crippen LogP contribution >= 0.6 is 23.2 Å². The van der Waals surface area contributed by atoms with E-state index in [1.54, 1.807) is 49.7 Å². The number of aromatic nitrogens is 3. The van der Waals surface area contributed by atoms with Crippen molar-refractivity contribution in [1.29, 1.82) is 0 Å². The van der Waals surface area contributed by atoms with Crippen LogP contribution in [0.2, 0.25) is 10.0 Å². The molecule has 12 heteroatoms. The summed E-state index contributed by atoms with van der Waals surface area (Å²) >= 11 is 13.2. The molecule has 0 fully saturated rings. The number of halogens is 2. The van der Waals surface area contributed by atoms with E-state index in [0.717, 1.165) is 27.9 Å². The van der Waals surface area contributed by atoms with E-state index in [0.29, 0.717) is 33.4 Å². The lowest BCUT2D eigenvalue weighted by Gasteiger charge is -2.21. The number of likely N-dealkylation sites (N-methyl/N-ethyl adjacent to an activating group) is 1. The van der Waals surface area contributed by atoms with Gasteiger partial charge in [-0.3, -0.25) is 19.4 Å². The van der Waals surface area contributed by atoms with E-state index >= 15 is 0 Å². The topological polar surface area (TPSA) is 126 Å². The fourth-order valence-corrected chi connectivity index (χ4v) is 5.36. The summed E-state index contributed by atoms with van der Waals surface area (Å²) in [5.74, 6) is -0.123. The van der Waals surface area contributed by atoms with Gasteiger partial charge in [-0.25, -0.2) is 9.97 Å². The molecule has 2 aromatic carbocycles. The number of amides is 3. The molecule has 0 spiro atoms. The maximum Gasteiger partial charge on any atom is 0.246 e. The molecular formula is C36H32Cl2N6O4. The zero-order valence-corrected chi connectivity index (χ0v) is 28.0. The molecule has 0 aliphatic heterocycles. The third-order valence-electron chi connectivity index (χ3n) is 7.46. The van der Waals surface area contributed by atoms with E-state index in [-0.39, 0.29) is 30.5 Å². The molecule has 10 nitrogen and oxygen atoms in total. The van der Waals surface area contributed by atoms with Crippen molar-refractivity contribution in [1.82, 2.24) is 20.3 Å². The number of carbonyl (C=O) groups is 3. The van der Waals surface area contributed by atoms with Crippen LogP contribution in [0.5, 0.6) is 5.75 Å². The fourth-order valence-electron chi connectivity index (χ4n) is 4.75. The average Bonchev–Trinajstić information content (AvgIpc) is 3.07. The first-order valence-corrected chi connectivity index (χ1v) is 15.7. The number of nitrogens with one attached hydrogen (secondary N) is 2. The second-order valence-electron chi connectivity index (χ2n) is 10.9. The van der Waals surface area contributed by atoms with Gasteiger partial charge in [0, 0.05) is 52.9 Å². The zero-order chi connectivity index (χ0) is 34.2.